The summed E-state index contributed by atoms with van der Waals surface area (Å²) in [5.74, 6) is 1.83. The summed E-state index contributed by atoms with van der Waals surface area (Å²) in [6.45, 7) is 2.53. The van der Waals surface area contributed by atoms with Crippen LogP contribution in [0.1, 0.15) is 36.2 Å². The highest BCUT2D eigenvalue weighted by atomic mass is 16.5. The van der Waals surface area contributed by atoms with E-state index in [9.17, 15) is 4.79 Å². The van der Waals surface area contributed by atoms with Gasteiger partial charge in [-0.3, -0.25) is 9.89 Å². The van der Waals surface area contributed by atoms with E-state index in [0.717, 1.165) is 31.1 Å². The molecule has 1 aliphatic carbocycles. The van der Waals surface area contributed by atoms with Crippen LogP contribution >= 0.6 is 0 Å². The number of amides is 1. The highest BCUT2D eigenvalue weighted by Crippen LogP contribution is 2.34. The van der Waals surface area contributed by atoms with Gasteiger partial charge in [-0.2, -0.15) is 5.10 Å². The van der Waals surface area contributed by atoms with Crippen molar-refractivity contribution >= 4 is 16.8 Å². The molecule has 1 aromatic carbocycles. The number of aromatic nitrogens is 3. The van der Waals surface area contributed by atoms with E-state index in [1.165, 1.54) is 23.7 Å². The van der Waals surface area contributed by atoms with Crippen molar-refractivity contribution < 1.29 is 9.53 Å². The molecule has 1 saturated carbocycles. The van der Waals surface area contributed by atoms with Crippen LogP contribution in [0.5, 0.6) is 5.75 Å². The lowest BCUT2D eigenvalue weighted by molar-refractivity contribution is 0.0592. The van der Waals surface area contributed by atoms with Crippen LogP contribution < -0.4 is 4.74 Å². The molecule has 27 heavy (non-hydrogen) atoms. The van der Waals surface area contributed by atoms with Crippen molar-refractivity contribution in [3.05, 3.63) is 48.4 Å². The van der Waals surface area contributed by atoms with Gasteiger partial charge in [-0.15, -0.1) is 0 Å². The number of carbonyl (C=O) groups is 1. The molecule has 0 atom stereocenters. The maximum absolute atomic E-state index is 12.4. The third-order valence-corrected chi connectivity index (χ3v) is 5.68. The molecule has 1 aliphatic heterocycles. The summed E-state index contributed by atoms with van der Waals surface area (Å²) in [7, 11) is 0. The number of piperidine rings is 1. The summed E-state index contributed by atoms with van der Waals surface area (Å²) >= 11 is 0. The largest absolute Gasteiger partial charge is 0.490 e. The third-order valence-electron chi connectivity index (χ3n) is 5.68. The molecular formula is C21H24N4O2. The highest BCUT2D eigenvalue weighted by Gasteiger charge is 2.26. The monoisotopic (exact) mass is 364 g/mol. The molecule has 6 nitrogen and oxygen atoms in total. The Balaban J connectivity index is 1.25. The van der Waals surface area contributed by atoms with Crippen molar-refractivity contribution in [1.82, 2.24) is 19.7 Å². The molecule has 6 heteroatoms. The van der Waals surface area contributed by atoms with Crippen molar-refractivity contribution in [2.45, 2.75) is 38.3 Å². The molecule has 2 fully saturated rings. The minimum atomic E-state index is 0.0187. The number of hydrogen-bond donors (Lipinski definition) is 1. The first-order valence-electron chi connectivity index (χ1n) is 9.81. The molecule has 3 aromatic rings. The van der Waals surface area contributed by atoms with Crippen LogP contribution in [0.15, 0.2) is 42.7 Å². The number of benzene rings is 1. The summed E-state index contributed by atoms with van der Waals surface area (Å²) in [5, 5.41) is 7.80. The van der Waals surface area contributed by atoms with E-state index in [0.29, 0.717) is 18.8 Å². The Kier molecular flexibility index (Phi) is 4.11. The maximum Gasteiger partial charge on any atom is 0.271 e. The molecular weight excluding hydrogens is 340 g/mol. The maximum atomic E-state index is 12.4. The first-order valence-corrected chi connectivity index (χ1v) is 9.81. The minimum Gasteiger partial charge on any atom is -0.490 e. The number of fused-ring (bicyclic) bond motifs is 1. The molecule has 1 saturated heterocycles. The van der Waals surface area contributed by atoms with Gasteiger partial charge < -0.3 is 14.2 Å². The Labute approximate surface area is 158 Å². The minimum absolute atomic E-state index is 0.0187. The van der Waals surface area contributed by atoms with Gasteiger partial charge in [0.15, 0.2) is 0 Å². The van der Waals surface area contributed by atoms with Gasteiger partial charge in [0.25, 0.3) is 5.91 Å². The van der Waals surface area contributed by atoms with Crippen molar-refractivity contribution in [3.8, 4) is 5.75 Å². The lowest BCUT2D eigenvalue weighted by Crippen LogP contribution is -2.41. The number of aromatic amines is 1. The summed E-state index contributed by atoms with van der Waals surface area (Å²) in [4.78, 5) is 14.3. The molecule has 0 bridgehead atoms. The average molecular weight is 364 g/mol. The predicted octanol–water partition coefficient (Wildman–Crippen LogP) is 3.46. The quantitative estimate of drug-likeness (QED) is 0.754. The second-order valence-electron chi connectivity index (χ2n) is 7.68. The Morgan fingerprint density at radius 1 is 1.15 bits per heavy atom. The van der Waals surface area contributed by atoms with Crippen LogP contribution in [0.25, 0.3) is 10.9 Å². The van der Waals surface area contributed by atoms with Crippen molar-refractivity contribution in [2.75, 3.05) is 13.1 Å². The zero-order valence-electron chi connectivity index (χ0n) is 15.3. The molecule has 1 N–H and O–H groups in total. The van der Waals surface area contributed by atoms with Crippen LogP contribution in [0, 0.1) is 5.92 Å². The van der Waals surface area contributed by atoms with E-state index in [4.69, 9.17) is 4.74 Å². The zero-order valence-corrected chi connectivity index (χ0v) is 15.3. The molecule has 2 aromatic heterocycles. The standard InChI is InChI=1S/C21H24N4O2/c26-21(18-6-10-22-23-18)24-11-7-16(8-12-24)27-20-3-1-2-19-17(20)9-13-25(19)14-15-4-5-15/h1-3,6,9-10,13,15-16H,4-5,7-8,11-12,14H2,(H,22,23). The highest BCUT2D eigenvalue weighted by molar-refractivity contribution is 5.92. The van der Waals surface area contributed by atoms with Crippen molar-refractivity contribution in [2.24, 2.45) is 5.92 Å². The Bertz CT molecular complexity index is 934. The zero-order chi connectivity index (χ0) is 18.2. The van der Waals surface area contributed by atoms with Gasteiger partial charge in [0, 0.05) is 50.3 Å². The fraction of sp³-hybridized carbons (Fsp3) is 0.429. The number of nitrogens with one attached hydrogen (secondary N) is 1. The van der Waals surface area contributed by atoms with Gasteiger partial charge in [0.2, 0.25) is 0 Å². The van der Waals surface area contributed by atoms with Crippen LogP contribution in [0.2, 0.25) is 0 Å². The van der Waals surface area contributed by atoms with Crippen LogP contribution in [-0.4, -0.2) is 44.8 Å². The van der Waals surface area contributed by atoms with Crippen LogP contribution in [-0.2, 0) is 6.54 Å². The number of ether oxygens (including phenoxy) is 1. The van der Waals surface area contributed by atoms with E-state index in [1.54, 1.807) is 12.3 Å². The van der Waals surface area contributed by atoms with E-state index >= 15 is 0 Å². The van der Waals surface area contributed by atoms with Gasteiger partial charge in [-0.25, -0.2) is 0 Å². The van der Waals surface area contributed by atoms with Gasteiger partial charge in [0.1, 0.15) is 17.5 Å². The van der Waals surface area contributed by atoms with Crippen LogP contribution in [0.3, 0.4) is 0 Å². The van der Waals surface area contributed by atoms with Gasteiger partial charge in [0.05, 0.1) is 5.52 Å². The fourth-order valence-electron chi connectivity index (χ4n) is 3.94. The van der Waals surface area contributed by atoms with E-state index < -0.39 is 0 Å². The molecule has 2 aliphatic rings. The fourth-order valence-corrected chi connectivity index (χ4v) is 3.94. The van der Waals surface area contributed by atoms with Gasteiger partial charge in [-0.05, 0) is 43.0 Å². The molecule has 0 spiro atoms. The lowest BCUT2D eigenvalue weighted by atomic mass is 10.1. The predicted molar refractivity (Wildman–Crippen MR) is 103 cm³/mol. The normalized spacial score (nSPS) is 18.1. The Morgan fingerprint density at radius 2 is 2.00 bits per heavy atom. The van der Waals surface area contributed by atoms with Gasteiger partial charge in [-0.1, -0.05) is 6.07 Å². The van der Waals surface area contributed by atoms with E-state index in [2.05, 4.69) is 45.2 Å². The first kappa shape index (κ1) is 16.4. The third kappa shape index (κ3) is 3.31. The average Bonchev–Trinajstić information content (AvgIpc) is 3.17. The summed E-state index contributed by atoms with van der Waals surface area (Å²) in [6.07, 6.45) is 8.34. The molecule has 3 heterocycles. The Hall–Kier alpha value is -2.76. The van der Waals surface area contributed by atoms with Gasteiger partial charge >= 0.3 is 0 Å². The lowest BCUT2D eigenvalue weighted by Gasteiger charge is -2.32. The number of H-pyrrole nitrogens is 1. The summed E-state index contributed by atoms with van der Waals surface area (Å²) in [5.41, 5.74) is 1.81. The SMILES string of the molecule is O=C(c1ccn[nH]1)N1CCC(Oc2cccc3c2ccn3CC2CC2)CC1. The molecule has 0 unspecified atom stereocenters. The number of hydrogen-bond acceptors (Lipinski definition) is 3. The van der Waals surface area contributed by atoms with Crippen molar-refractivity contribution in [3.63, 3.8) is 0 Å². The Morgan fingerprint density at radius 3 is 2.74 bits per heavy atom. The number of nitrogens with zero attached hydrogens (tertiary/aromatic N) is 3. The van der Waals surface area contributed by atoms with E-state index in [1.807, 2.05) is 4.90 Å². The number of carbonyl (C=O) groups excluding carboxylic acids is 1. The van der Waals surface area contributed by atoms with Crippen LogP contribution in [0.4, 0.5) is 0 Å². The van der Waals surface area contributed by atoms with E-state index in [-0.39, 0.29) is 12.0 Å². The topological polar surface area (TPSA) is 63.1 Å². The molecule has 5 rings (SSSR count). The first-order chi connectivity index (χ1) is 13.3. The number of rotatable bonds is 5. The second kappa shape index (κ2) is 6.76. The van der Waals surface area contributed by atoms with Crippen molar-refractivity contribution in [1.29, 1.82) is 0 Å². The second-order valence-corrected chi connectivity index (χ2v) is 7.68. The molecule has 1 amide bonds. The number of likely N-dealkylation sites (tertiary alicyclic amines) is 1. The summed E-state index contributed by atoms with van der Waals surface area (Å²) in [6, 6.07) is 10.2. The smallest absolute Gasteiger partial charge is 0.271 e. The molecule has 0 radical (unpaired) electrons. The summed E-state index contributed by atoms with van der Waals surface area (Å²) < 4.78 is 8.70. The molecule has 140 valence electrons.